The van der Waals surface area contributed by atoms with E-state index in [9.17, 15) is 9.59 Å². The number of hydrogen-bond donors (Lipinski definition) is 0. The van der Waals surface area contributed by atoms with Gasteiger partial charge in [0, 0.05) is 19.4 Å². The SMILES string of the molecule is CCCN1C(=O)CCCC1=O. The molecule has 0 unspecified atom stereocenters. The van der Waals surface area contributed by atoms with Crippen molar-refractivity contribution in [3.63, 3.8) is 0 Å². The molecule has 2 amide bonds. The molecule has 1 saturated heterocycles. The van der Waals surface area contributed by atoms with Crippen LogP contribution in [0.3, 0.4) is 0 Å². The lowest BCUT2D eigenvalue weighted by atomic mass is 10.1. The van der Waals surface area contributed by atoms with E-state index in [0.29, 0.717) is 19.4 Å². The average Bonchev–Trinajstić information content (AvgIpc) is 1.97. The number of carbonyl (C=O) groups is 2. The summed E-state index contributed by atoms with van der Waals surface area (Å²) in [5.74, 6) is 0.00574. The third-order valence-corrected chi connectivity index (χ3v) is 1.83. The topological polar surface area (TPSA) is 37.4 Å². The molecule has 62 valence electrons. The number of likely N-dealkylation sites (tertiary alicyclic amines) is 1. The fraction of sp³-hybridized carbons (Fsp3) is 0.750. The highest BCUT2D eigenvalue weighted by Crippen LogP contribution is 2.11. The van der Waals surface area contributed by atoms with Gasteiger partial charge in [0.25, 0.3) is 0 Å². The Kier molecular flexibility index (Phi) is 2.63. The normalized spacial score (nSPS) is 19.2. The van der Waals surface area contributed by atoms with E-state index in [1.54, 1.807) is 0 Å². The molecule has 1 rings (SSSR count). The number of nitrogens with zero attached hydrogens (tertiary/aromatic N) is 1. The van der Waals surface area contributed by atoms with Gasteiger partial charge in [0.1, 0.15) is 0 Å². The van der Waals surface area contributed by atoms with Crippen LogP contribution < -0.4 is 0 Å². The van der Waals surface area contributed by atoms with E-state index in [1.165, 1.54) is 4.90 Å². The molecule has 0 N–H and O–H groups in total. The second-order valence-electron chi connectivity index (χ2n) is 2.79. The van der Waals surface area contributed by atoms with E-state index in [4.69, 9.17) is 0 Å². The zero-order chi connectivity index (χ0) is 8.27. The van der Waals surface area contributed by atoms with E-state index in [1.807, 2.05) is 6.92 Å². The van der Waals surface area contributed by atoms with Crippen molar-refractivity contribution < 1.29 is 9.59 Å². The van der Waals surface area contributed by atoms with Crippen molar-refractivity contribution in [2.45, 2.75) is 32.6 Å². The van der Waals surface area contributed by atoms with Gasteiger partial charge in [-0.15, -0.1) is 0 Å². The number of piperidine rings is 1. The lowest BCUT2D eigenvalue weighted by Crippen LogP contribution is -2.40. The minimum absolute atomic E-state index is 0.00287. The van der Waals surface area contributed by atoms with Crippen molar-refractivity contribution in [3.05, 3.63) is 0 Å². The Morgan fingerprint density at radius 2 is 1.82 bits per heavy atom. The Hall–Kier alpha value is -0.860. The van der Waals surface area contributed by atoms with Crippen LogP contribution >= 0.6 is 0 Å². The number of rotatable bonds is 2. The van der Waals surface area contributed by atoms with Crippen LogP contribution in [0.2, 0.25) is 0 Å². The first-order valence-electron chi connectivity index (χ1n) is 4.09. The van der Waals surface area contributed by atoms with Crippen molar-refractivity contribution in [1.29, 1.82) is 0 Å². The van der Waals surface area contributed by atoms with Crippen molar-refractivity contribution in [1.82, 2.24) is 4.90 Å². The molecule has 3 nitrogen and oxygen atoms in total. The zero-order valence-electron chi connectivity index (χ0n) is 6.80. The van der Waals surface area contributed by atoms with Gasteiger partial charge in [-0.2, -0.15) is 0 Å². The third kappa shape index (κ3) is 1.79. The molecule has 0 spiro atoms. The summed E-state index contributed by atoms with van der Waals surface area (Å²) in [6.07, 6.45) is 2.69. The maximum atomic E-state index is 11.1. The molecule has 1 aliphatic heterocycles. The first-order valence-corrected chi connectivity index (χ1v) is 4.09. The lowest BCUT2D eigenvalue weighted by molar-refractivity contribution is -0.147. The van der Waals surface area contributed by atoms with Crippen LogP contribution in [-0.4, -0.2) is 23.3 Å². The fourth-order valence-electron chi connectivity index (χ4n) is 1.27. The summed E-state index contributed by atoms with van der Waals surface area (Å²) in [6.45, 7) is 2.56. The average molecular weight is 155 g/mol. The van der Waals surface area contributed by atoms with Gasteiger partial charge in [-0.1, -0.05) is 6.92 Å². The number of carbonyl (C=O) groups excluding carboxylic acids is 2. The van der Waals surface area contributed by atoms with E-state index in [2.05, 4.69) is 0 Å². The first-order chi connectivity index (χ1) is 5.25. The molecule has 0 aromatic heterocycles. The van der Waals surface area contributed by atoms with Crippen LogP contribution in [0.5, 0.6) is 0 Å². The molecule has 1 fully saturated rings. The van der Waals surface area contributed by atoms with Crippen molar-refractivity contribution in [2.24, 2.45) is 0 Å². The molecular weight excluding hydrogens is 142 g/mol. The summed E-state index contributed by atoms with van der Waals surface area (Å²) in [4.78, 5) is 23.6. The van der Waals surface area contributed by atoms with Crippen LogP contribution in [-0.2, 0) is 9.59 Å². The van der Waals surface area contributed by atoms with Crippen LogP contribution in [0.4, 0.5) is 0 Å². The first kappa shape index (κ1) is 8.24. The Morgan fingerprint density at radius 3 is 2.27 bits per heavy atom. The molecule has 0 saturated carbocycles. The van der Waals surface area contributed by atoms with Gasteiger partial charge >= 0.3 is 0 Å². The maximum Gasteiger partial charge on any atom is 0.229 e. The van der Waals surface area contributed by atoms with Gasteiger partial charge in [0.15, 0.2) is 0 Å². The highest BCUT2D eigenvalue weighted by atomic mass is 16.2. The minimum atomic E-state index is 0.00287. The fourth-order valence-corrected chi connectivity index (χ4v) is 1.27. The monoisotopic (exact) mass is 155 g/mol. The molecule has 0 atom stereocenters. The third-order valence-electron chi connectivity index (χ3n) is 1.83. The maximum absolute atomic E-state index is 11.1. The Balaban J connectivity index is 2.55. The molecule has 0 bridgehead atoms. The van der Waals surface area contributed by atoms with E-state index in [-0.39, 0.29) is 11.8 Å². The molecule has 1 aliphatic rings. The molecule has 3 heteroatoms. The molecule has 1 heterocycles. The second kappa shape index (κ2) is 3.51. The largest absolute Gasteiger partial charge is 0.283 e. The van der Waals surface area contributed by atoms with E-state index >= 15 is 0 Å². The van der Waals surface area contributed by atoms with E-state index in [0.717, 1.165) is 12.8 Å². The summed E-state index contributed by atoms with van der Waals surface area (Å²) in [7, 11) is 0. The van der Waals surface area contributed by atoms with Crippen LogP contribution in [0, 0.1) is 0 Å². The zero-order valence-corrected chi connectivity index (χ0v) is 6.80. The molecular formula is C8H13NO2. The van der Waals surface area contributed by atoms with Gasteiger partial charge in [0.2, 0.25) is 11.8 Å². The number of hydrogen-bond acceptors (Lipinski definition) is 2. The summed E-state index contributed by atoms with van der Waals surface area (Å²) >= 11 is 0. The highest BCUT2D eigenvalue weighted by Gasteiger charge is 2.24. The van der Waals surface area contributed by atoms with Gasteiger partial charge in [-0.05, 0) is 12.8 Å². The minimum Gasteiger partial charge on any atom is -0.283 e. The molecule has 0 aliphatic carbocycles. The Bertz CT molecular complexity index is 161. The van der Waals surface area contributed by atoms with Gasteiger partial charge in [-0.3, -0.25) is 14.5 Å². The van der Waals surface area contributed by atoms with Gasteiger partial charge in [-0.25, -0.2) is 0 Å². The summed E-state index contributed by atoms with van der Waals surface area (Å²) < 4.78 is 0. The van der Waals surface area contributed by atoms with Crippen LogP contribution in [0.15, 0.2) is 0 Å². The van der Waals surface area contributed by atoms with Crippen LogP contribution in [0.25, 0.3) is 0 Å². The lowest BCUT2D eigenvalue weighted by Gasteiger charge is -2.23. The van der Waals surface area contributed by atoms with Crippen molar-refractivity contribution in [2.75, 3.05) is 6.54 Å². The quantitative estimate of drug-likeness (QED) is 0.556. The Morgan fingerprint density at radius 1 is 1.27 bits per heavy atom. The smallest absolute Gasteiger partial charge is 0.229 e. The number of imide groups is 1. The van der Waals surface area contributed by atoms with Gasteiger partial charge in [0.05, 0.1) is 0 Å². The second-order valence-corrected chi connectivity index (χ2v) is 2.79. The predicted octanol–water partition coefficient (Wildman–Crippen LogP) is 0.935. The molecule has 0 aromatic carbocycles. The van der Waals surface area contributed by atoms with Crippen molar-refractivity contribution >= 4 is 11.8 Å². The summed E-state index contributed by atoms with van der Waals surface area (Å²) in [5.41, 5.74) is 0. The van der Waals surface area contributed by atoms with Crippen molar-refractivity contribution in [3.8, 4) is 0 Å². The summed E-state index contributed by atoms with van der Waals surface area (Å²) in [6, 6.07) is 0. The van der Waals surface area contributed by atoms with E-state index < -0.39 is 0 Å². The Labute approximate surface area is 66.4 Å². The predicted molar refractivity (Wildman–Crippen MR) is 40.9 cm³/mol. The highest BCUT2D eigenvalue weighted by molar-refractivity contribution is 5.97. The standard InChI is InChI=1S/C8H13NO2/c1-2-6-9-7(10)4-3-5-8(9)11/h2-6H2,1H3. The molecule has 0 radical (unpaired) electrons. The van der Waals surface area contributed by atoms with Crippen LogP contribution in [0.1, 0.15) is 32.6 Å². The molecule has 0 aromatic rings. The van der Waals surface area contributed by atoms with Gasteiger partial charge < -0.3 is 0 Å². The molecule has 11 heavy (non-hydrogen) atoms. The number of amides is 2. The summed E-state index contributed by atoms with van der Waals surface area (Å²) in [5, 5.41) is 0.